The molecule has 0 saturated heterocycles. The van der Waals surface area contributed by atoms with Gasteiger partial charge in [-0.15, -0.1) is 0 Å². The summed E-state index contributed by atoms with van der Waals surface area (Å²) in [5.74, 6) is 3.48. The molecule has 0 aliphatic heterocycles. The van der Waals surface area contributed by atoms with Crippen LogP contribution in [0.4, 0.5) is 0 Å². The third-order valence-corrected chi connectivity index (χ3v) is 10.6. The van der Waals surface area contributed by atoms with Crippen molar-refractivity contribution in [1.29, 1.82) is 5.26 Å². The average Bonchev–Trinajstić information content (AvgIpc) is 3.37. The Morgan fingerprint density at radius 1 is 0.242 bits per heavy atom. The maximum absolute atomic E-state index is 9.57. The second kappa shape index (κ2) is 16.9. The highest BCUT2D eigenvalue weighted by atomic mass is 15.0. The SMILES string of the molecule is N#Cc1cccc(-c2cccc(-c3nc(-c4ccccc4)nc(-c4ccccc4-c4ccccc4-c4cccc(-c5nc(-c6ccccc6)nc(-c6ccccc6)n5)c4)n3)c2)c1. The van der Waals surface area contributed by atoms with Gasteiger partial charge in [0.25, 0.3) is 0 Å². The summed E-state index contributed by atoms with van der Waals surface area (Å²) >= 11 is 0. The highest BCUT2D eigenvalue weighted by molar-refractivity contribution is 5.91. The van der Waals surface area contributed by atoms with Gasteiger partial charge < -0.3 is 0 Å². The maximum atomic E-state index is 9.57. The number of nitrogens with zero attached hydrogens (tertiary/aromatic N) is 7. The lowest BCUT2D eigenvalue weighted by molar-refractivity contribution is 1.07. The van der Waals surface area contributed by atoms with Gasteiger partial charge in [-0.05, 0) is 57.6 Å². The smallest absolute Gasteiger partial charge is 0.164 e. The molecule has 7 nitrogen and oxygen atoms in total. The minimum absolute atomic E-state index is 0.546. The third-order valence-electron chi connectivity index (χ3n) is 10.6. The molecule has 0 amide bonds. The molecule has 0 bridgehead atoms. The monoisotopic (exact) mass is 793 g/mol. The molecule has 0 aliphatic rings. The van der Waals surface area contributed by atoms with E-state index in [0.717, 1.165) is 66.8 Å². The summed E-state index contributed by atoms with van der Waals surface area (Å²) in [5.41, 5.74) is 11.8. The Labute approximate surface area is 359 Å². The summed E-state index contributed by atoms with van der Waals surface area (Å²) in [7, 11) is 0. The Bertz CT molecular complexity index is 3200. The summed E-state index contributed by atoms with van der Waals surface area (Å²) in [5, 5.41) is 9.57. The second-order valence-corrected chi connectivity index (χ2v) is 14.7. The summed E-state index contributed by atoms with van der Waals surface area (Å²) in [6, 6.07) is 73.0. The number of hydrogen-bond acceptors (Lipinski definition) is 7. The number of rotatable bonds is 9. The van der Waals surface area contributed by atoms with Crippen LogP contribution in [0.15, 0.2) is 212 Å². The largest absolute Gasteiger partial charge is 0.208 e. The van der Waals surface area contributed by atoms with Crippen molar-refractivity contribution in [3.8, 4) is 108 Å². The third kappa shape index (κ3) is 7.75. The summed E-state index contributed by atoms with van der Waals surface area (Å²) < 4.78 is 0. The summed E-state index contributed by atoms with van der Waals surface area (Å²) in [6.07, 6.45) is 0. The Morgan fingerprint density at radius 3 is 1.06 bits per heavy atom. The molecule has 62 heavy (non-hydrogen) atoms. The fourth-order valence-corrected chi connectivity index (χ4v) is 7.59. The molecule has 0 saturated carbocycles. The molecule has 0 fully saturated rings. The van der Waals surface area contributed by atoms with Crippen LogP contribution in [-0.4, -0.2) is 29.9 Å². The predicted octanol–water partition coefficient (Wildman–Crippen LogP) is 12.9. The quantitative estimate of drug-likeness (QED) is 0.143. The highest BCUT2D eigenvalue weighted by Gasteiger charge is 2.19. The first-order valence-corrected chi connectivity index (χ1v) is 20.3. The van der Waals surface area contributed by atoms with E-state index in [1.807, 2.05) is 152 Å². The van der Waals surface area contributed by atoms with E-state index < -0.39 is 0 Å². The van der Waals surface area contributed by atoms with Gasteiger partial charge >= 0.3 is 0 Å². The van der Waals surface area contributed by atoms with E-state index in [4.69, 9.17) is 29.9 Å². The Kier molecular flexibility index (Phi) is 10.2. The van der Waals surface area contributed by atoms with Crippen molar-refractivity contribution in [1.82, 2.24) is 29.9 Å². The van der Waals surface area contributed by atoms with Crippen molar-refractivity contribution in [3.63, 3.8) is 0 Å². The zero-order valence-electron chi connectivity index (χ0n) is 33.3. The van der Waals surface area contributed by atoms with Crippen LogP contribution >= 0.6 is 0 Å². The zero-order chi connectivity index (χ0) is 41.7. The normalized spacial score (nSPS) is 10.9. The fraction of sp³-hybridized carbons (Fsp3) is 0. The van der Waals surface area contributed by atoms with Crippen molar-refractivity contribution >= 4 is 0 Å². The molecule has 2 heterocycles. The van der Waals surface area contributed by atoms with E-state index in [9.17, 15) is 5.26 Å². The van der Waals surface area contributed by atoms with Crippen LogP contribution in [0.2, 0.25) is 0 Å². The van der Waals surface area contributed by atoms with E-state index in [1.54, 1.807) is 0 Å². The Balaban J connectivity index is 1.09. The molecule has 0 N–H and O–H groups in total. The van der Waals surface area contributed by atoms with Gasteiger partial charge in [0.2, 0.25) is 0 Å². The standard InChI is InChI=1S/C55H35N7/c56-36-37-17-14-24-41(33-37)42-25-15-27-44(34-42)54-60-52(40-22-8-3-9-23-40)61-55(62-54)49-32-13-12-31-48(49)47-30-11-10-29-46(47)43-26-16-28-45(35-43)53-58-50(38-18-4-1-5-19-38)57-51(59-53)39-20-6-2-7-21-39/h1-35H. The molecule has 2 aromatic heterocycles. The first-order valence-electron chi connectivity index (χ1n) is 20.3. The van der Waals surface area contributed by atoms with Gasteiger partial charge in [-0.1, -0.05) is 188 Å². The van der Waals surface area contributed by atoms with Gasteiger partial charge in [0.15, 0.2) is 34.9 Å². The summed E-state index contributed by atoms with van der Waals surface area (Å²) in [4.78, 5) is 30.3. The molecule has 0 radical (unpaired) electrons. The predicted molar refractivity (Wildman–Crippen MR) is 247 cm³/mol. The molecule has 7 heteroatoms. The second-order valence-electron chi connectivity index (χ2n) is 14.7. The lowest BCUT2D eigenvalue weighted by Crippen LogP contribution is -2.01. The molecule has 10 aromatic rings. The van der Waals surface area contributed by atoms with Crippen LogP contribution in [0.25, 0.3) is 102 Å². The van der Waals surface area contributed by atoms with Crippen molar-refractivity contribution in [2.24, 2.45) is 0 Å². The lowest BCUT2D eigenvalue weighted by atomic mass is 9.91. The topological polar surface area (TPSA) is 101 Å². The molecule has 0 spiro atoms. The van der Waals surface area contributed by atoms with Gasteiger partial charge in [-0.2, -0.15) is 5.26 Å². The van der Waals surface area contributed by atoms with E-state index in [2.05, 4.69) is 66.7 Å². The molecular weight excluding hydrogens is 759 g/mol. The molecule has 8 aromatic carbocycles. The van der Waals surface area contributed by atoms with E-state index in [-0.39, 0.29) is 0 Å². The van der Waals surface area contributed by atoms with Gasteiger partial charge in [-0.3, -0.25) is 0 Å². The van der Waals surface area contributed by atoms with Crippen molar-refractivity contribution in [2.45, 2.75) is 0 Å². The summed E-state index contributed by atoms with van der Waals surface area (Å²) in [6.45, 7) is 0. The van der Waals surface area contributed by atoms with Gasteiger partial charge in [0.05, 0.1) is 11.6 Å². The van der Waals surface area contributed by atoms with Crippen LogP contribution in [-0.2, 0) is 0 Å². The maximum Gasteiger partial charge on any atom is 0.164 e. The van der Waals surface area contributed by atoms with Crippen molar-refractivity contribution in [2.75, 3.05) is 0 Å². The highest BCUT2D eigenvalue weighted by Crippen LogP contribution is 2.39. The van der Waals surface area contributed by atoms with E-state index >= 15 is 0 Å². The van der Waals surface area contributed by atoms with E-state index in [0.29, 0.717) is 40.5 Å². The van der Waals surface area contributed by atoms with Gasteiger partial charge in [0, 0.05) is 33.4 Å². The number of benzene rings is 8. The molecule has 10 rings (SSSR count). The van der Waals surface area contributed by atoms with Crippen molar-refractivity contribution < 1.29 is 0 Å². The minimum atomic E-state index is 0.546. The fourth-order valence-electron chi connectivity index (χ4n) is 7.59. The zero-order valence-corrected chi connectivity index (χ0v) is 33.3. The van der Waals surface area contributed by atoms with Gasteiger partial charge in [0.1, 0.15) is 0 Å². The molecule has 290 valence electrons. The minimum Gasteiger partial charge on any atom is -0.208 e. The van der Waals surface area contributed by atoms with Crippen LogP contribution in [0.1, 0.15) is 5.56 Å². The number of aromatic nitrogens is 6. The molecular formula is C55H35N7. The lowest BCUT2D eigenvalue weighted by Gasteiger charge is -2.16. The first kappa shape index (κ1) is 37.5. The van der Waals surface area contributed by atoms with Crippen LogP contribution in [0, 0.1) is 11.3 Å². The Morgan fingerprint density at radius 2 is 0.565 bits per heavy atom. The van der Waals surface area contributed by atoms with Crippen LogP contribution < -0.4 is 0 Å². The average molecular weight is 794 g/mol. The van der Waals surface area contributed by atoms with Crippen molar-refractivity contribution in [3.05, 3.63) is 218 Å². The molecule has 0 unspecified atom stereocenters. The molecule has 0 aliphatic carbocycles. The van der Waals surface area contributed by atoms with Gasteiger partial charge in [-0.25, -0.2) is 29.9 Å². The Hall–Kier alpha value is -8.73. The van der Waals surface area contributed by atoms with E-state index in [1.165, 1.54) is 0 Å². The van der Waals surface area contributed by atoms with Crippen LogP contribution in [0.5, 0.6) is 0 Å². The van der Waals surface area contributed by atoms with Crippen LogP contribution in [0.3, 0.4) is 0 Å². The number of nitriles is 1. The molecule has 0 atom stereocenters. The first-order chi connectivity index (χ1) is 30.7. The number of hydrogen-bond donors (Lipinski definition) is 0.